The topological polar surface area (TPSA) is 50.1 Å². The number of nitrogens with zero attached hydrogens (tertiary/aromatic N) is 2. The smallest absolute Gasteiger partial charge is 0.141 e. The molecule has 17 heavy (non-hydrogen) atoms. The molecule has 90 valence electrons. The second-order valence-corrected chi connectivity index (χ2v) is 4.75. The highest BCUT2D eigenvalue weighted by Gasteiger charge is 2.16. The van der Waals surface area contributed by atoms with Crippen LogP contribution in [0.4, 0.5) is 0 Å². The molecule has 0 radical (unpaired) electrons. The molecular weight excluding hydrogens is 214 g/mol. The van der Waals surface area contributed by atoms with Crippen LogP contribution in [0.1, 0.15) is 12.8 Å². The third kappa shape index (κ3) is 2.00. The Morgan fingerprint density at radius 3 is 3.24 bits per heavy atom. The van der Waals surface area contributed by atoms with E-state index in [1.807, 2.05) is 23.0 Å². The first kappa shape index (κ1) is 10.6. The molecule has 0 amide bonds. The molecule has 2 N–H and O–H groups in total. The fourth-order valence-electron chi connectivity index (χ4n) is 2.59. The molecular formula is C13H17N3O. The van der Waals surface area contributed by atoms with Gasteiger partial charge in [-0.25, -0.2) is 0 Å². The van der Waals surface area contributed by atoms with Crippen molar-refractivity contribution in [1.29, 1.82) is 0 Å². The van der Waals surface area contributed by atoms with Gasteiger partial charge in [0.1, 0.15) is 11.3 Å². The van der Waals surface area contributed by atoms with Crippen molar-refractivity contribution in [3.8, 4) is 5.75 Å². The van der Waals surface area contributed by atoms with Gasteiger partial charge in [0.25, 0.3) is 0 Å². The number of para-hydroxylation sites is 1. The van der Waals surface area contributed by atoms with Crippen molar-refractivity contribution in [3.05, 3.63) is 24.4 Å². The molecule has 1 saturated heterocycles. The molecule has 2 aromatic rings. The van der Waals surface area contributed by atoms with Crippen molar-refractivity contribution in [2.75, 3.05) is 13.1 Å². The third-order valence-corrected chi connectivity index (χ3v) is 3.47. The van der Waals surface area contributed by atoms with Gasteiger partial charge < -0.3 is 10.4 Å². The van der Waals surface area contributed by atoms with Gasteiger partial charge in [-0.3, -0.25) is 4.68 Å². The van der Waals surface area contributed by atoms with Crippen LogP contribution in [0, 0.1) is 5.92 Å². The summed E-state index contributed by atoms with van der Waals surface area (Å²) in [6.45, 7) is 3.06. The lowest BCUT2D eigenvalue weighted by atomic mass is 10.00. The maximum atomic E-state index is 9.89. The number of benzene rings is 1. The quantitative estimate of drug-likeness (QED) is 0.827. The molecule has 4 heteroatoms. The highest BCUT2D eigenvalue weighted by molar-refractivity contribution is 5.84. The number of hydrogen-bond donors (Lipinski definition) is 2. The number of nitrogens with one attached hydrogen (secondary N) is 1. The van der Waals surface area contributed by atoms with Crippen molar-refractivity contribution in [1.82, 2.24) is 15.1 Å². The highest BCUT2D eigenvalue weighted by atomic mass is 16.3. The normalized spacial score (nSPS) is 20.8. The number of piperidine rings is 1. The monoisotopic (exact) mass is 231 g/mol. The number of aromatic hydroxyl groups is 1. The van der Waals surface area contributed by atoms with Crippen LogP contribution in [-0.2, 0) is 6.54 Å². The molecule has 0 spiro atoms. The minimum atomic E-state index is 0.323. The zero-order chi connectivity index (χ0) is 11.7. The van der Waals surface area contributed by atoms with Crippen molar-refractivity contribution >= 4 is 10.9 Å². The minimum absolute atomic E-state index is 0.323. The molecule has 1 aliphatic heterocycles. The van der Waals surface area contributed by atoms with Crippen LogP contribution in [0.15, 0.2) is 24.4 Å². The molecule has 1 unspecified atom stereocenters. The van der Waals surface area contributed by atoms with Crippen LogP contribution in [0.25, 0.3) is 10.9 Å². The largest absolute Gasteiger partial charge is 0.506 e. The van der Waals surface area contributed by atoms with E-state index in [-0.39, 0.29) is 0 Å². The lowest BCUT2D eigenvalue weighted by molar-refractivity contribution is 0.328. The Kier molecular flexibility index (Phi) is 2.73. The van der Waals surface area contributed by atoms with E-state index in [9.17, 15) is 5.11 Å². The zero-order valence-corrected chi connectivity index (χ0v) is 9.76. The Bertz CT molecular complexity index is 514. The second kappa shape index (κ2) is 4.37. The van der Waals surface area contributed by atoms with Crippen LogP contribution in [-0.4, -0.2) is 28.0 Å². The summed E-state index contributed by atoms with van der Waals surface area (Å²) in [6.07, 6.45) is 4.29. The summed E-state index contributed by atoms with van der Waals surface area (Å²) in [6, 6.07) is 5.56. The van der Waals surface area contributed by atoms with Gasteiger partial charge in [-0.05, 0) is 37.9 Å². The minimum Gasteiger partial charge on any atom is -0.506 e. The molecule has 0 bridgehead atoms. The van der Waals surface area contributed by atoms with Crippen LogP contribution in [0.5, 0.6) is 5.75 Å². The lowest BCUT2D eigenvalue weighted by Crippen LogP contribution is -2.32. The first-order valence-electron chi connectivity index (χ1n) is 6.19. The number of phenols is 1. The first-order chi connectivity index (χ1) is 8.34. The fraction of sp³-hybridized carbons (Fsp3) is 0.462. The van der Waals surface area contributed by atoms with Crippen molar-refractivity contribution in [3.63, 3.8) is 0 Å². The van der Waals surface area contributed by atoms with E-state index in [2.05, 4.69) is 10.4 Å². The summed E-state index contributed by atoms with van der Waals surface area (Å²) >= 11 is 0. The van der Waals surface area contributed by atoms with Crippen molar-refractivity contribution < 1.29 is 5.11 Å². The fourth-order valence-corrected chi connectivity index (χ4v) is 2.59. The van der Waals surface area contributed by atoms with Crippen LogP contribution in [0.2, 0.25) is 0 Å². The third-order valence-electron chi connectivity index (χ3n) is 3.47. The van der Waals surface area contributed by atoms with Gasteiger partial charge in [0, 0.05) is 11.9 Å². The van der Waals surface area contributed by atoms with E-state index in [1.54, 1.807) is 6.07 Å². The molecule has 0 aliphatic carbocycles. The van der Waals surface area contributed by atoms with Crippen LogP contribution in [0.3, 0.4) is 0 Å². The molecule has 1 atom stereocenters. The number of rotatable bonds is 2. The van der Waals surface area contributed by atoms with E-state index in [4.69, 9.17) is 0 Å². The molecule has 0 saturated carbocycles. The Labute approximate surface area is 100 Å². The predicted octanol–water partition coefficient (Wildman–Crippen LogP) is 1.74. The van der Waals surface area contributed by atoms with Gasteiger partial charge >= 0.3 is 0 Å². The number of phenolic OH excluding ortho intramolecular Hbond substituents is 1. The molecule has 1 aromatic heterocycles. The average molecular weight is 231 g/mol. The number of aromatic nitrogens is 2. The molecule has 1 aromatic carbocycles. The standard InChI is InChI=1S/C13H17N3O/c17-12-5-1-4-11-8-15-16(13(11)12)9-10-3-2-6-14-7-10/h1,4-5,8,10,14,17H,2-3,6-7,9H2. The Hall–Kier alpha value is -1.55. The Morgan fingerprint density at radius 2 is 2.41 bits per heavy atom. The SMILES string of the molecule is Oc1cccc2cnn(CC3CCCNC3)c12. The predicted molar refractivity (Wildman–Crippen MR) is 67.0 cm³/mol. The number of fused-ring (bicyclic) bond motifs is 1. The molecule has 4 nitrogen and oxygen atoms in total. The summed E-state index contributed by atoms with van der Waals surface area (Å²) < 4.78 is 1.93. The summed E-state index contributed by atoms with van der Waals surface area (Å²) in [5.74, 6) is 0.940. The zero-order valence-electron chi connectivity index (χ0n) is 9.76. The summed E-state index contributed by atoms with van der Waals surface area (Å²) in [5, 5.41) is 18.7. The second-order valence-electron chi connectivity index (χ2n) is 4.75. The Morgan fingerprint density at radius 1 is 1.47 bits per heavy atom. The molecule has 1 fully saturated rings. The van der Waals surface area contributed by atoms with Gasteiger partial charge in [0.2, 0.25) is 0 Å². The van der Waals surface area contributed by atoms with Gasteiger partial charge in [0.15, 0.2) is 0 Å². The lowest BCUT2D eigenvalue weighted by Gasteiger charge is -2.22. The summed E-state index contributed by atoms with van der Waals surface area (Å²) in [4.78, 5) is 0. The maximum Gasteiger partial charge on any atom is 0.141 e. The summed E-state index contributed by atoms with van der Waals surface area (Å²) in [5.41, 5.74) is 0.859. The highest BCUT2D eigenvalue weighted by Crippen LogP contribution is 2.25. The van der Waals surface area contributed by atoms with E-state index >= 15 is 0 Å². The first-order valence-corrected chi connectivity index (χ1v) is 6.19. The van der Waals surface area contributed by atoms with Crippen LogP contribution < -0.4 is 5.32 Å². The number of hydrogen-bond acceptors (Lipinski definition) is 3. The Balaban J connectivity index is 1.89. The molecule has 3 rings (SSSR count). The van der Waals surface area contributed by atoms with Gasteiger partial charge in [0.05, 0.1) is 6.20 Å². The van der Waals surface area contributed by atoms with Gasteiger partial charge in [-0.2, -0.15) is 5.10 Å². The van der Waals surface area contributed by atoms with E-state index in [0.717, 1.165) is 30.5 Å². The van der Waals surface area contributed by atoms with E-state index in [0.29, 0.717) is 11.7 Å². The maximum absolute atomic E-state index is 9.89. The average Bonchev–Trinajstić information content (AvgIpc) is 2.75. The van der Waals surface area contributed by atoms with Crippen LogP contribution >= 0.6 is 0 Å². The van der Waals surface area contributed by atoms with Crippen molar-refractivity contribution in [2.45, 2.75) is 19.4 Å². The molecule has 1 aliphatic rings. The van der Waals surface area contributed by atoms with E-state index in [1.165, 1.54) is 12.8 Å². The van der Waals surface area contributed by atoms with E-state index < -0.39 is 0 Å². The van der Waals surface area contributed by atoms with Gasteiger partial charge in [-0.15, -0.1) is 0 Å². The summed E-state index contributed by atoms with van der Waals surface area (Å²) in [7, 11) is 0. The van der Waals surface area contributed by atoms with Crippen molar-refractivity contribution in [2.24, 2.45) is 5.92 Å². The molecule has 2 heterocycles. The van der Waals surface area contributed by atoms with Gasteiger partial charge in [-0.1, -0.05) is 12.1 Å².